The van der Waals surface area contributed by atoms with E-state index < -0.39 is 0 Å². The molecule has 0 fully saturated rings. The summed E-state index contributed by atoms with van der Waals surface area (Å²) >= 11 is 0. The Morgan fingerprint density at radius 1 is 1.22 bits per heavy atom. The Kier molecular flexibility index (Phi) is 6.33. The first-order valence-electron chi connectivity index (χ1n) is 6.68. The largest absolute Gasteiger partial charge is 0.392 e. The summed E-state index contributed by atoms with van der Waals surface area (Å²) in [7, 11) is 2.02. The average molecular weight is 250 g/mol. The number of rotatable bonds is 7. The smallest absolute Gasteiger partial charge is 0.0679 e. The highest BCUT2D eigenvalue weighted by Gasteiger charge is 2.08. The van der Waals surface area contributed by atoms with Gasteiger partial charge in [-0.2, -0.15) is 0 Å². The van der Waals surface area contributed by atoms with E-state index in [0.717, 1.165) is 6.54 Å². The lowest BCUT2D eigenvalue weighted by molar-refractivity contribution is 0.117. The molecule has 0 aromatic heterocycles. The Hall–Kier alpha value is -0.900. The van der Waals surface area contributed by atoms with Crippen LogP contribution in [0.1, 0.15) is 37.3 Å². The van der Waals surface area contributed by atoms with E-state index in [1.807, 2.05) is 7.05 Å². The molecule has 0 radical (unpaired) electrons. The molecule has 0 saturated heterocycles. The van der Waals surface area contributed by atoms with Crippen molar-refractivity contribution in [3.8, 4) is 0 Å². The number of aliphatic hydroxyl groups excluding tert-OH is 1. The molecule has 0 bridgehead atoms. The second kappa shape index (κ2) is 7.52. The van der Waals surface area contributed by atoms with Crippen molar-refractivity contribution in [2.75, 3.05) is 20.1 Å². The summed E-state index contributed by atoms with van der Waals surface area (Å²) in [6.07, 6.45) is 0.339. The molecule has 0 aliphatic rings. The Morgan fingerprint density at radius 2 is 1.83 bits per heavy atom. The number of benzene rings is 1. The predicted octanol–water partition coefficient (Wildman–Crippen LogP) is 1.95. The van der Waals surface area contributed by atoms with Gasteiger partial charge in [0.1, 0.15) is 0 Å². The van der Waals surface area contributed by atoms with Crippen molar-refractivity contribution in [1.29, 1.82) is 0 Å². The summed E-state index contributed by atoms with van der Waals surface area (Å²) in [6, 6.07) is 8.70. The molecule has 1 aromatic rings. The third-order valence-corrected chi connectivity index (χ3v) is 3.12. The fraction of sp³-hybridized carbons (Fsp3) is 0.600. The first-order valence-corrected chi connectivity index (χ1v) is 6.68. The van der Waals surface area contributed by atoms with Gasteiger partial charge in [-0.15, -0.1) is 0 Å². The first kappa shape index (κ1) is 15.2. The van der Waals surface area contributed by atoms with Gasteiger partial charge in [0.05, 0.1) is 6.10 Å². The number of likely N-dealkylation sites (N-methyl/N-ethyl adjacent to an activating group) is 1. The second-order valence-electron chi connectivity index (χ2n) is 5.32. The van der Waals surface area contributed by atoms with Crippen LogP contribution < -0.4 is 5.73 Å². The van der Waals surface area contributed by atoms with Gasteiger partial charge < -0.3 is 10.8 Å². The van der Waals surface area contributed by atoms with Gasteiger partial charge in [0, 0.05) is 13.1 Å². The van der Waals surface area contributed by atoms with Crippen LogP contribution in [0.3, 0.4) is 0 Å². The molecule has 0 spiro atoms. The van der Waals surface area contributed by atoms with Gasteiger partial charge in [0.25, 0.3) is 0 Å². The van der Waals surface area contributed by atoms with Crippen molar-refractivity contribution in [3.63, 3.8) is 0 Å². The van der Waals surface area contributed by atoms with E-state index in [1.165, 1.54) is 11.1 Å². The fourth-order valence-corrected chi connectivity index (χ4v) is 2.03. The van der Waals surface area contributed by atoms with Gasteiger partial charge in [-0.1, -0.05) is 38.1 Å². The van der Waals surface area contributed by atoms with Gasteiger partial charge in [-0.05, 0) is 37.1 Å². The van der Waals surface area contributed by atoms with Crippen LogP contribution in [0.5, 0.6) is 0 Å². The van der Waals surface area contributed by atoms with Crippen LogP contribution in [0, 0.1) is 0 Å². The van der Waals surface area contributed by atoms with Gasteiger partial charge in [-0.25, -0.2) is 0 Å². The van der Waals surface area contributed by atoms with Crippen molar-refractivity contribution in [1.82, 2.24) is 4.90 Å². The van der Waals surface area contributed by atoms with E-state index in [9.17, 15) is 5.11 Å². The van der Waals surface area contributed by atoms with E-state index in [4.69, 9.17) is 5.73 Å². The van der Waals surface area contributed by atoms with Crippen LogP contribution in [0.25, 0.3) is 0 Å². The highest BCUT2D eigenvalue weighted by molar-refractivity contribution is 5.24. The molecule has 18 heavy (non-hydrogen) atoms. The zero-order valence-electron chi connectivity index (χ0n) is 11.8. The zero-order chi connectivity index (χ0) is 13.5. The number of hydrogen-bond acceptors (Lipinski definition) is 3. The lowest BCUT2D eigenvalue weighted by Gasteiger charge is -2.20. The topological polar surface area (TPSA) is 49.5 Å². The Labute approximate surface area is 111 Å². The lowest BCUT2D eigenvalue weighted by atomic mass is 10.0. The van der Waals surface area contributed by atoms with Crippen LogP contribution in [-0.4, -0.2) is 36.2 Å². The third-order valence-electron chi connectivity index (χ3n) is 3.12. The van der Waals surface area contributed by atoms with Crippen LogP contribution in [0.2, 0.25) is 0 Å². The molecule has 0 saturated carbocycles. The number of nitrogens with zero attached hydrogens (tertiary/aromatic N) is 1. The van der Waals surface area contributed by atoms with E-state index in [2.05, 4.69) is 43.0 Å². The molecule has 1 rings (SSSR count). The predicted molar refractivity (Wildman–Crippen MR) is 76.5 cm³/mol. The minimum absolute atomic E-state index is 0.324. The van der Waals surface area contributed by atoms with Crippen LogP contribution in [0.15, 0.2) is 24.3 Å². The van der Waals surface area contributed by atoms with Crippen molar-refractivity contribution in [3.05, 3.63) is 35.4 Å². The molecule has 0 aliphatic heterocycles. The van der Waals surface area contributed by atoms with E-state index >= 15 is 0 Å². The maximum absolute atomic E-state index is 9.69. The molecular formula is C15H26N2O. The van der Waals surface area contributed by atoms with Crippen molar-refractivity contribution >= 4 is 0 Å². The Balaban J connectivity index is 2.46. The van der Waals surface area contributed by atoms with Crippen LogP contribution in [0.4, 0.5) is 0 Å². The number of aliphatic hydroxyl groups is 1. The zero-order valence-corrected chi connectivity index (χ0v) is 11.8. The summed E-state index contributed by atoms with van der Waals surface area (Å²) in [5.74, 6) is 0.572. The summed E-state index contributed by atoms with van der Waals surface area (Å²) in [4.78, 5) is 2.13. The summed E-state index contributed by atoms with van der Waals surface area (Å²) in [5.41, 5.74) is 8.07. The maximum atomic E-state index is 9.69. The average Bonchev–Trinajstić information content (AvgIpc) is 2.29. The quantitative estimate of drug-likeness (QED) is 0.777. The monoisotopic (exact) mass is 250 g/mol. The second-order valence-corrected chi connectivity index (χ2v) is 5.32. The Bertz CT molecular complexity index is 335. The minimum Gasteiger partial charge on any atom is -0.392 e. The number of nitrogens with two attached hydrogens (primary N) is 1. The highest BCUT2D eigenvalue weighted by atomic mass is 16.3. The SMILES string of the molecule is CC(C)c1ccc(CN(C)CC(O)CCN)cc1. The van der Waals surface area contributed by atoms with E-state index in [-0.39, 0.29) is 6.10 Å². The van der Waals surface area contributed by atoms with Crippen molar-refractivity contribution in [2.45, 2.75) is 38.8 Å². The molecule has 1 unspecified atom stereocenters. The fourth-order valence-electron chi connectivity index (χ4n) is 2.03. The minimum atomic E-state index is -0.324. The van der Waals surface area contributed by atoms with Crippen molar-refractivity contribution in [2.24, 2.45) is 5.73 Å². The molecule has 3 heteroatoms. The molecule has 3 nitrogen and oxygen atoms in total. The van der Waals surface area contributed by atoms with Gasteiger partial charge in [-0.3, -0.25) is 4.90 Å². The molecule has 3 N–H and O–H groups in total. The van der Waals surface area contributed by atoms with Crippen molar-refractivity contribution < 1.29 is 5.11 Å². The summed E-state index contributed by atoms with van der Waals surface area (Å²) in [6.45, 7) is 6.47. The third kappa shape index (κ3) is 5.17. The van der Waals surface area contributed by atoms with E-state index in [1.54, 1.807) is 0 Å². The van der Waals surface area contributed by atoms with Crippen LogP contribution >= 0.6 is 0 Å². The number of hydrogen-bond donors (Lipinski definition) is 2. The van der Waals surface area contributed by atoms with Gasteiger partial charge >= 0.3 is 0 Å². The molecule has 0 heterocycles. The summed E-state index contributed by atoms with van der Waals surface area (Å²) < 4.78 is 0. The molecule has 0 aliphatic carbocycles. The standard InChI is InChI=1S/C15H26N2O/c1-12(2)14-6-4-13(5-7-14)10-17(3)11-15(18)8-9-16/h4-7,12,15,18H,8-11,16H2,1-3H3. The lowest BCUT2D eigenvalue weighted by Crippen LogP contribution is -2.30. The van der Waals surface area contributed by atoms with Gasteiger partial charge in [0.15, 0.2) is 0 Å². The van der Waals surface area contributed by atoms with Gasteiger partial charge in [0.2, 0.25) is 0 Å². The van der Waals surface area contributed by atoms with Crippen LogP contribution in [-0.2, 0) is 6.54 Å². The molecular weight excluding hydrogens is 224 g/mol. The normalized spacial score (nSPS) is 13.3. The molecule has 0 amide bonds. The molecule has 102 valence electrons. The highest BCUT2D eigenvalue weighted by Crippen LogP contribution is 2.15. The molecule has 1 aromatic carbocycles. The first-order chi connectivity index (χ1) is 8.52. The summed E-state index contributed by atoms with van der Waals surface area (Å²) in [5, 5.41) is 9.69. The Morgan fingerprint density at radius 3 is 2.33 bits per heavy atom. The molecule has 1 atom stereocenters. The maximum Gasteiger partial charge on any atom is 0.0679 e. The van der Waals surface area contributed by atoms with E-state index in [0.29, 0.717) is 25.4 Å².